The Balaban J connectivity index is 0.000000202. The Labute approximate surface area is 105 Å². The summed E-state index contributed by atoms with van der Waals surface area (Å²) in [4.78, 5) is -0.151. The molecule has 0 amide bonds. The molecule has 0 radical (unpaired) electrons. The Bertz CT molecular complexity index is 509. The van der Waals surface area contributed by atoms with Crippen molar-refractivity contribution in [2.24, 2.45) is 0 Å². The molecular weight excluding hydrogens is 260 g/mol. The fraction of sp³-hybridized carbons (Fsp3) is 0. The number of benzene rings is 2. The Morgan fingerprint density at radius 3 is 1.47 bits per heavy atom. The lowest BCUT2D eigenvalue weighted by atomic mass is 10.4. The molecule has 1 N–H and O–H groups in total. The fourth-order valence-electron chi connectivity index (χ4n) is 0.991. The van der Waals surface area contributed by atoms with Crippen LogP contribution in [-0.2, 0) is 10.1 Å². The van der Waals surface area contributed by atoms with Crippen molar-refractivity contribution < 1.29 is 13.0 Å². The van der Waals surface area contributed by atoms with E-state index in [4.69, 9.17) is 16.2 Å². The zero-order chi connectivity index (χ0) is 12.7. The van der Waals surface area contributed by atoms with Gasteiger partial charge in [0.1, 0.15) is 0 Å². The number of hydrogen-bond donors (Lipinski definition) is 1. The summed E-state index contributed by atoms with van der Waals surface area (Å²) >= 11 is 5.49. The highest BCUT2D eigenvalue weighted by molar-refractivity contribution is 7.85. The first-order valence-corrected chi connectivity index (χ1v) is 6.55. The van der Waals surface area contributed by atoms with Crippen LogP contribution < -0.4 is 0 Å². The van der Waals surface area contributed by atoms with E-state index in [1.165, 1.54) is 24.3 Å². The summed E-state index contributed by atoms with van der Waals surface area (Å²) in [6, 6.07) is 17.3. The first-order chi connectivity index (χ1) is 8.00. The topological polar surface area (TPSA) is 54.4 Å². The minimum absolute atomic E-state index is 0.151. The van der Waals surface area contributed by atoms with Crippen LogP contribution in [0.15, 0.2) is 65.6 Å². The zero-order valence-corrected chi connectivity index (χ0v) is 10.4. The predicted octanol–water partition coefficient (Wildman–Crippen LogP) is 3.27. The number of hydrogen-bond acceptors (Lipinski definition) is 2. The van der Waals surface area contributed by atoms with Gasteiger partial charge in [0.15, 0.2) is 0 Å². The minimum atomic E-state index is -4.08. The Morgan fingerprint density at radius 1 is 0.824 bits per heavy atom. The average Bonchev–Trinajstić information content (AvgIpc) is 2.31. The molecule has 90 valence electrons. The number of rotatable bonds is 1. The molecule has 3 nitrogen and oxygen atoms in total. The molecule has 0 unspecified atom stereocenters. The maximum Gasteiger partial charge on any atom is 0.294 e. The second kappa shape index (κ2) is 6.39. The standard InChI is InChI=1S/C6H5ClO3S.C6H6/c7-5-1-3-6(4-2-5)11(8,9)10;1-2-4-6-5-3-1/h1-4H,(H,8,9,10);1-6H. The van der Waals surface area contributed by atoms with Crippen molar-refractivity contribution in [1.29, 1.82) is 0 Å². The predicted molar refractivity (Wildman–Crippen MR) is 67.7 cm³/mol. The lowest BCUT2D eigenvalue weighted by Gasteiger charge is -1.94. The smallest absolute Gasteiger partial charge is 0.282 e. The van der Waals surface area contributed by atoms with E-state index in [9.17, 15) is 8.42 Å². The second-order valence-electron chi connectivity index (χ2n) is 3.08. The van der Waals surface area contributed by atoms with Gasteiger partial charge in [-0.1, -0.05) is 48.0 Å². The van der Waals surface area contributed by atoms with Gasteiger partial charge in [-0.3, -0.25) is 4.55 Å². The first-order valence-electron chi connectivity index (χ1n) is 4.73. The highest BCUT2D eigenvalue weighted by Gasteiger charge is 2.07. The van der Waals surface area contributed by atoms with Crippen LogP contribution in [0.3, 0.4) is 0 Å². The molecule has 0 fully saturated rings. The van der Waals surface area contributed by atoms with Crippen molar-refractivity contribution >= 4 is 21.7 Å². The first kappa shape index (κ1) is 13.7. The molecule has 0 aliphatic rings. The van der Waals surface area contributed by atoms with Gasteiger partial charge < -0.3 is 0 Å². The van der Waals surface area contributed by atoms with Gasteiger partial charge in [-0.15, -0.1) is 0 Å². The molecule has 0 saturated carbocycles. The summed E-state index contributed by atoms with van der Waals surface area (Å²) in [6.07, 6.45) is 0. The molecule has 0 saturated heterocycles. The van der Waals surface area contributed by atoms with E-state index in [0.29, 0.717) is 5.02 Å². The van der Waals surface area contributed by atoms with Crippen molar-refractivity contribution in [3.63, 3.8) is 0 Å². The largest absolute Gasteiger partial charge is 0.294 e. The zero-order valence-electron chi connectivity index (χ0n) is 8.82. The lowest BCUT2D eigenvalue weighted by Crippen LogP contribution is -1.96. The summed E-state index contributed by atoms with van der Waals surface area (Å²) in [5, 5.41) is 0.428. The molecule has 0 heterocycles. The van der Waals surface area contributed by atoms with E-state index in [-0.39, 0.29) is 4.90 Å². The van der Waals surface area contributed by atoms with Gasteiger partial charge in [-0.2, -0.15) is 8.42 Å². The van der Waals surface area contributed by atoms with E-state index < -0.39 is 10.1 Å². The van der Waals surface area contributed by atoms with Gasteiger partial charge in [0.05, 0.1) is 4.90 Å². The molecule has 17 heavy (non-hydrogen) atoms. The van der Waals surface area contributed by atoms with Crippen LogP contribution in [0, 0.1) is 0 Å². The van der Waals surface area contributed by atoms with Crippen molar-refractivity contribution in [2.45, 2.75) is 4.90 Å². The molecule has 0 atom stereocenters. The lowest BCUT2D eigenvalue weighted by molar-refractivity contribution is 0.483. The van der Waals surface area contributed by atoms with Crippen LogP contribution in [0.25, 0.3) is 0 Å². The van der Waals surface area contributed by atoms with Gasteiger partial charge in [-0.05, 0) is 24.3 Å². The monoisotopic (exact) mass is 270 g/mol. The molecule has 0 aromatic heterocycles. The number of halogens is 1. The third kappa shape index (κ3) is 5.49. The van der Waals surface area contributed by atoms with Gasteiger partial charge >= 0.3 is 0 Å². The molecular formula is C12H11ClO3S. The normalized spacial score (nSPS) is 10.2. The highest BCUT2D eigenvalue weighted by atomic mass is 35.5. The second-order valence-corrected chi connectivity index (χ2v) is 4.94. The van der Waals surface area contributed by atoms with E-state index in [1.54, 1.807) is 0 Å². The van der Waals surface area contributed by atoms with Gasteiger partial charge in [-0.25, -0.2) is 0 Å². The van der Waals surface area contributed by atoms with Gasteiger partial charge in [0.2, 0.25) is 0 Å². The molecule has 5 heteroatoms. The van der Waals surface area contributed by atoms with Crippen molar-refractivity contribution in [3.8, 4) is 0 Å². The van der Waals surface area contributed by atoms with Crippen LogP contribution in [0.2, 0.25) is 5.02 Å². The van der Waals surface area contributed by atoms with E-state index in [2.05, 4.69) is 0 Å². The van der Waals surface area contributed by atoms with Crippen molar-refractivity contribution in [3.05, 3.63) is 65.7 Å². The van der Waals surface area contributed by atoms with Crippen LogP contribution >= 0.6 is 11.6 Å². The van der Waals surface area contributed by atoms with Crippen LogP contribution in [0.5, 0.6) is 0 Å². The molecule has 0 spiro atoms. The van der Waals surface area contributed by atoms with E-state index in [1.807, 2.05) is 36.4 Å². The Morgan fingerprint density at radius 2 is 1.18 bits per heavy atom. The summed E-state index contributed by atoms with van der Waals surface area (Å²) in [5.41, 5.74) is 0. The SMILES string of the molecule is O=S(=O)(O)c1ccc(Cl)cc1.c1ccccc1. The van der Waals surface area contributed by atoms with E-state index >= 15 is 0 Å². The Hall–Kier alpha value is -1.36. The quantitative estimate of drug-likeness (QED) is 0.809. The molecule has 0 aliphatic carbocycles. The highest BCUT2D eigenvalue weighted by Crippen LogP contribution is 2.12. The minimum Gasteiger partial charge on any atom is -0.282 e. The van der Waals surface area contributed by atoms with Crippen molar-refractivity contribution in [1.82, 2.24) is 0 Å². The average molecular weight is 271 g/mol. The molecule has 2 rings (SSSR count). The van der Waals surface area contributed by atoms with Gasteiger partial charge in [0.25, 0.3) is 10.1 Å². The third-order valence-electron chi connectivity index (χ3n) is 1.78. The summed E-state index contributed by atoms with van der Waals surface area (Å²) in [5.74, 6) is 0. The summed E-state index contributed by atoms with van der Waals surface area (Å²) < 4.78 is 29.4. The molecule has 2 aromatic carbocycles. The van der Waals surface area contributed by atoms with Gasteiger partial charge in [0, 0.05) is 5.02 Å². The fourth-order valence-corrected chi connectivity index (χ4v) is 1.60. The summed E-state index contributed by atoms with van der Waals surface area (Å²) in [7, 11) is -4.08. The van der Waals surface area contributed by atoms with Crippen LogP contribution in [0.4, 0.5) is 0 Å². The molecule has 2 aromatic rings. The Kier molecular flexibility index (Phi) is 5.15. The van der Waals surface area contributed by atoms with Crippen LogP contribution in [0.1, 0.15) is 0 Å². The van der Waals surface area contributed by atoms with E-state index in [0.717, 1.165) is 0 Å². The maximum absolute atomic E-state index is 10.5. The summed E-state index contributed by atoms with van der Waals surface area (Å²) in [6.45, 7) is 0. The third-order valence-corrected chi connectivity index (χ3v) is 2.90. The molecule has 0 aliphatic heterocycles. The van der Waals surface area contributed by atoms with Crippen LogP contribution in [-0.4, -0.2) is 13.0 Å². The molecule has 0 bridgehead atoms. The van der Waals surface area contributed by atoms with Crippen molar-refractivity contribution in [2.75, 3.05) is 0 Å². The maximum atomic E-state index is 10.5.